The highest BCUT2D eigenvalue weighted by molar-refractivity contribution is 6.32. The molecule has 2 N–H and O–H groups in total. The van der Waals surface area contributed by atoms with Crippen LogP contribution in [0.4, 0.5) is 5.69 Å². The number of nitrogen functional groups attached to an aromatic ring is 1. The SMILES string of the molecule is Cc1ccc(Oc2ccc(N)c(C)c2)c(Cl)c1. The molecule has 0 saturated heterocycles. The highest BCUT2D eigenvalue weighted by Crippen LogP contribution is 2.31. The molecule has 0 heterocycles. The first-order valence-corrected chi connectivity index (χ1v) is 5.74. The Kier molecular flexibility index (Phi) is 3.25. The highest BCUT2D eigenvalue weighted by atomic mass is 35.5. The molecule has 2 nitrogen and oxygen atoms in total. The first-order chi connectivity index (χ1) is 8.06. The summed E-state index contributed by atoms with van der Waals surface area (Å²) in [6.07, 6.45) is 0. The Labute approximate surface area is 106 Å². The second kappa shape index (κ2) is 4.68. The van der Waals surface area contributed by atoms with Crippen molar-refractivity contribution in [3.8, 4) is 11.5 Å². The lowest BCUT2D eigenvalue weighted by atomic mass is 10.2. The van der Waals surface area contributed by atoms with Crippen LogP contribution in [0, 0.1) is 13.8 Å². The van der Waals surface area contributed by atoms with Gasteiger partial charge in [-0.25, -0.2) is 0 Å². The van der Waals surface area contributed by atoms with E-state index in [2.05, 4.69) is 0 Å². The third kappa shape index (κ3) is 2.71. The van der Waals surface area contributed by atoms with Crippen LogP contribution in [-0.2, 0) is 0 Å². The van der Waals surface area contributed by atoms with E-state index in [1.54, 1.807) is 0 Å². The molecular formula is C14H14ClNO. The molecule has 17 heavy (non-hydrogen) atoms. The molecule has 0 aliphatic carbocycles. The van der Waals surface area contributed by atoms with Gasteiger partial charge in [0.2, 0.25) is 0 Å². The van der Waals surface area contributed by atoms with E-state index in [0.29, 0.717) is 10.8 Å². The molecule has 0 aromatic heterocycles. The summed E-state index contributed by atoms with van der Waals surface area (Å²) in [5.41, 5.74) is 8.61. The summed E-state index contributed by atoms with van der Waals surface area (Å²) in [6.45, 7) is 3.93. The molecule has 0 amide bonds. The van der Waals surface area contributed by atoms with Crippen LogP contribution in [0.15, 0.2) is 36.4 Å². The minimum atomic E-state index is 0.611. The van der Waals surface area contributed by atoms with Crippen molar-refractivity contribution in [3.05, 3.63) is 52.5 Å². The van der Waals surface area contributed by atoms with E-state index < -0.39 is 0 Å². The Balaban J connectivity index is 2.28. The average molecular weight is 248 g/mol. The lowest BCUT2D eigenvalue weighted by Gasteiger charge is -2.09. The third-order valence-electron chi connectivity index (χ3n) is 2.56. The fraction of sp³-hybridized carbons (Fsp3) is 0.143. The van der Waals surface area contributed by atoms with Gasteiger partial charge in [0.05, 0.1) is 5.02 Å². The third-order valence-corrected chi connectivity index (χ3v) is 2.85. The van der Waals surface area contributed by atoms with E-state index in [-0.39, 0.29) is 0 Å². The van der Waals surface area contributed by atoms with Crippen molar-refractivity contribution in [1.29, 1.82) is 0 Å². The van der Waals surface area contributed by atoms with Gasteiger partial charge in [-0.3, -0.25) is 0 Å². The predicted octanol–water partition coefficient (Wildman–Crippen LogP) is 4.33. The molecule has 0 spiro atoms. The number of hydrogen-bond acceptors (Lipinski definition) is 2. The summed E-state index contributed by atoms with van der Waals surface area (Å²) in [4.78, 5) is 0. The fourth-order valence-electron chi connectivity index (χ4n) is 1.53. The molecule has 0 aliphatic heterocycles. The van der Waals surface area contributed by atoms with Crippen LogP contribution in [0.25, 0.3) is 0 Å². The number of benzene rings is 2. The van der Waals surface area contributed by atoms with Crippen molar-refractivity contribution in [2.75, 3.05) is 5.73 Å². The Bertz CT molecular complexity index is 552. The minimum Gasteiger partial charge on any atom is -0.456 e. The van der Waals surface area contributed by atoms with Crippen LogP contribution >= 0.6 is 11.6 Å². The number of rotatable bonds is 2. The summed E-state index contributed by atoms with van der Waals surface area (Å²) in [6, 6.07) is 11.3. The second-order valence-electron chi connectivity index (χ2n) is 4.05. The van der Waals surface area contributed by atoms with E-state index in [4.69, 9.17) is 22.1 Å². The van der Waals surface area contributed by atoms with E-state index in [1.807, 2.05) is 50.2 Å². The van der Waals surface area contributed by atoms with Gasteiger partial charge in [0.1, 0.15) is 11.5 Å². The normalized spacial score (nSPS) is 10.3. The molecule has 88 valence electrons. The summed E-state index contributed by atoms with van der Waals surface area (Å²) >= 11 is 6.10. The quantitative estimate of drug-likeness (QED) is 0.802. The summed E-state index contributed by atoms with van der Waals surface area (Å²) in [5, 5.41) is 0.611. The molecule has 0 bridgehead atoms. The van der Waals surface area contributed by atoms with Crippen LogP contribution in [0.2, 0.25) is 5.02 Å². The van der Waals surface area contributed by atoms with Crippen molar-refractivity contribution < 1.29 is 4.74 Å². The van der Waals surface area contributed by atoms with Crippen molar-refractivity contribution in [2.24, 2.45) is 0 Å². The van der Waals surface area contributed by atoms with Crippen molar-refractivity contribution in [1.82, 2.24) is 0 Å². The van der Waals surface area contributed by atoms with Crippen molar-refractivity contribution in [2.45, 2.75) is 13.8 Å². The largest absolute Gasteiger partial charge is 0.456 e. The smallest absolute Gasteiger partial charge is 0.146 e. The standard InChI is InChI=1S/C14H14ClNO/c1-9-3-6-14(12(15)7-9)17-11-4-5-13(16)10(2)8-11/h3-8H,16H2,1-2H3. The zero-order valence-corrected chi connectivity index (χ0v) is 10.6. The Morgan fingerprint density at radius 1 is 1.06 bits per heavy atom. The molecule has 2 aromatic rings. The lowest BCUT2D eigenvalue weighted by molar-refractivity contribution is 0.482. The molecule has 0 saturated carbocycles. The number of aryl methyl sites for hydroxylation is 2. The van der Waals surface area contributed by atoms with Gasteiger partial charge in [0.25, 0.3) is 0 Å². The van der Waals surface area contributed by atoms with Gasteiger partial charge in [0, 0.05) is 5.69 Å². The Hall–Kier alpha value is -1.67. The van der Waals surface area contributed by atoms with Gasteiger partial charge in [-0.05, 0) is 55.3 Å². The average Bonchev–Trinajstić information content (AvgIpc) is 2.27. The van der Waals surface area contributed by atoms with Gasteiger partial charge < -0.3 is 10.5 Å². The molecular weight excluding hydrogens is 234 g/mol. The van der Waals surface area contributed by atoms with Crippen LogP contribution in [-0.4, -0.2) is 0 Å². The lowest BCUT2D eigenvalue weighted by Crippen LogP contribution is -1.91. The Morgan fingerprint density at radius 3 is 2.47 bits per heavy atom. The number of anilines is 1. The maximum Gasteiger partial charge on any atom is 0.146 e. The van der Waals surface area contributed by atoms with Gasteiger partial charge in [-0.2, -0.15) is 0 Å². The van der Waals surface area contributed by atoms with Crippen LogP contribution in [0.1, 0.15) is 11.1 Å². The van der Waals surface area contributed by atoms with Gasteiger partial charge in [-0.1, -0.05) is 17.7 Å². The topological polar surface area (TPSA) is 35.2 Å². The summed E-state index contributed by atoms with van der Waals surface area (Å²) in [5.74, 6) is 1.39. The van der Waals surface area contributed by atoms with E-state index in [9.17, 15) is 0 Å². The maximum atomic E-state index is 6.10. The molecule has 2 aromatic carbocycles. The van der Waals surface area contributed by atoms with Gasteiger partial charge >= 0.3 is 0 Å². The van der Waals surface area contributed by atoms with Crippen LogP contribution in [0.3, 0.4) is 0 Å². The highest BCUT2D eigenvalue weighted by Gasteiger charge is 2.04. The van der Waals surface area contributed by atoms with Gasteiger partial charge in [-0.15, -0.1) is 0 Å². The maximum absolute atomic E-state index is 6.10. The molecule has 2 rings (SSSR count). The minimum absolute atomic E-state index is 0.611. The molecule has 0 fully saturated rings. The number of hydrogen-bond donors (Lipinski definition) is 1. The molecule has 0 unspecified atom stereocenters. The monoisotopic (exact) mass is 247 g/mol. The van der Waals surface area contributed by atoms with Gasteiger partial charge in [0.15, 0.2) is 0 Å². The summed E-state index contributed by atoms with van der Waals surface area (Å²) in [7, 11) is 0. The fourth-order valence-corrected chi connectivity index (χ4v) is 1.80. The van der Waals surface area contributed by atoms with Crippen molar-refractivity contribution >= 4 is 17.3 Å². The first-order valence-electron chi connectivity index (χ1n) is 5.36. The zero-order valence-electron chi connectivity index (χ0n) is 9.83. The Morgan fingerprint density at radius 2 is 1.82 bits per heavy atom. The molecule has 0 aliphatic rings. The predicted molar refractivity (Wildman–Crippen MR) is 71.9 cm³/mol. The summed E-state index contributed by atoms with van der Waals surface area (Å²) < 4.78 is 5.71. The van der Waals surface area contributed by atoms with Crippen LogP contribution < -0.4 is 10.5 Å². The second-order valence-corrected chi connectivity index (χ2v) is 4.46. The molecule has 0 radical (unpaired) electrons. The van der Waals surface area contributed by atoms with Crippen LogP contribution in [0.5, 0.6) is 11.5 Å². The van der Waals surface area contributed by atoms with Crippen molar-refractivity contribution in [3.63, 3.8) is 0 Å². The number of ether oxygens (including phenoxy) is 1. The number of nitrogens with two attached hydrogens (primary N) is 1. The van der Waals surface area contributed by atoms with E-state index in [0.717, 1.165) is 22.6 Å². The molecule has 0 atom stereocenters. The first kappa shape index (κ1) is 11.8. The van der Waals surface area contributed by atoms with E-state index in [1.165, 1.54) is 0 Å². The molecule has 3 heteroatoms. The zero-order chi connectivity index (χ0) is 12.4. The van der Waals surface area contributed by atoms with E-state index >= 15 is 0 Å². The number of halogens is 1.